The van der Waals surface area contributed by atoms with Crippen LogP contribution in [0.2, 0.25) is 5.02 Å². The SMILES string of the molecule is O=C(NCc1ccc(C(F)(F)F)cc1Cl)C1COc2ncccc21. The number of benzene rings is 1. The van der Waals surface area contributed by atoms with E-state index in [1.807, 2.05) is 0 Å². The minimum atomic E-state index is -4.46. The van der Waals surface area contributed by atoms with Gasteiger partial charge in [-0.05, 0) is 23.8 Å². The first-order chi connectivity index (χ1) is 11.4. The molecule has 1 aromatic heterocycles. The number of carbonyl (C=O) groups is 1. The molecule has 0 bridgehead atoms. The number of pyridine rings is 1. The van der Waals surface area contributed by atoms with E-state index >= 15 is 0 Å². The van der Waals surface area contributed by atoms with Crippen LogP contribution in [0.4, 0.5) is 13.2 Å². The summed E-state index contributed by atoms with van der Waals surface area (Å²) in [6.45, 7) is 0.209. The Bertz CT molecular complexity index is 780. The van der Waals surface area contributed by atoms with Crippen molar-refractivity contribution >= 4 is 17.5 Å². The Labute approximate surface area is 140 Å². The largest absolute Gasteiger partial charge is 0.476 e. The van der Waals surface area contributed by atoms with E-state index < -0.39 is 17.7 Å². The second-order valence-corrected chi connectivity index (χ2v) is 5.69. The molecule has 1 unspecified atom stereocenters. The van der Waals surface area contributed by atoms with Crippen molar-refractivity contribution in [2.24, 2.45) is 0 Å². The molecule has 0 saturated carbocycles. The van der Waals surface area contributed by atoms with Crippen molar-refractivity contribution in [3.8, 4) is 5.88 Å². The van der Waals surface area contributed by atoms with Crippen LogP contribution in [0, 0.1) is 0 Å². The number of nitrogens with zero attached hydrogens (tertiary/aromatic N) is 1. The van der Waals surface area contributed by atoms with Gasteiger partial charge in [-0.2, -0.15) is 13.2 Å². The molecule has 1 aliphatic rings. The van der Waals surface area contributed by atoms with Crippen LogP contribution in [0.3, 0.4) is 0 Å². The van der Waals surface area contributed by atoms with Crippen LogP contribution in [-0.4, -0.2) is 17.5 Å². The molecule has 2 aromatic rings. The molecule has 1 aromatic carbocycles. The quantitative estimate of drug-likeness (QED) is 0.915. The lowest BCUT2D eigenvalue weighted by molar-refractivity contribution is -0.137. The van der Waals surface area contributed by atoms with Crippen molar-refractivity contribution in [1.82, 2.24) is 10.3 Å². The lowest BCUT2D eigenvalue weighted by Crippen LogP contribution is -2.29. The van der Waals surface area contributed by atoms with Crippen molar-refractivity contribution in [2.75, 3.05) is 6.61 Å². The molecule has 1 atom stereocenters. The van der Waals surface area contributed by atoms with Crippen LogP contribution >= 0.6 is 11.6 Å². The van der Waals surface area contributed by atoms with Gasteiger partial charge in [0, 0.05) is 23.3 Å². The topological polar surface area (TPSA) is 51.2 Å². The number of nitrogens with one attached hydrogen (secondary N) is 1. The zero-order valence-electron chi connectivity index (χ0n) is 12.2. The summed E-state index contributed by atoms with van der Waals surface area (Å²) in [5.41, 5.74) is 0.267. The molecule has 126 valence electrons. The highest BCUT2D eigenvalue weighted by Gasteiger charge is 2.32. The molecule has 3 rings (SSSR count). The van der Waals surface area contributed by atoms with Crippen molar-refractivity contribution in [3.05, 3.63) is 58.2 Å². The van der Waals surface area contributed by atoms with Gasteiger partial charge in [-0.1, -0.05) is 23.7 Å². The zero-order valence-corrected chi connectivity index (χ0v) is 13.0. The minimum absolute atomic E-state index is 0.0297. The van der Waals surface area contributed by atoms with Gasteiger partial charge >= 0.3 is 6.18 Å². The Morgan fingerprint density at radius 2 is 2.17 bits per heavy atom. The molecule has 0 radical (unpaired) electrons. The van der Waals surface area contributed by atoms with E-state index in [1.54, 1.807) is 18.3 Å². The molecule has 4 nitrogen and oxygen atoms in total. The molecule has 1 N–H and O–H groups in total. The van der Waals surface area contributed by atoms with Gasteiger partial charge in [-0.15, -0.1) is 0 Å². The lowest BCUT2D eigenvalue weighted by atomic mass is 10.0. The van der Waals surface area contributed by atoms with Gasteiger partial charge in [0.05, 0.1) is 5.56 Å². The third-order valence-corrected chi connectivity index (χ3v) is 4.06. The van der Waals surface area contributed by atoms with Crippen molar-refractivity contribution < 1.29 is 22.7 Å². The number of fused-ring (bicyclic) bond motifs is 1. The number of aromatic nitrogens is 1. The Hall–Kier alpha value is -2.28. The molecule has 0 fully saturated rings. The highest BCUT2D eigenvalue weighted by Crippen LogP contribution is 2.33. The third-order valence-electron chi connectivity index (χ3n) is 3.71. The van der Waals surface area contributed by atoms with Crippen LogP contribution in [0.1, 0.15) is 22.6 Å². The van der Waals surface area contributed by atoms with E-state index in [-0.39, 0.29) is 24.1 Å². The van der Waals surface area contributed by atoms with Crippen LogP contribution in [0.15, 0.2) is 36.5 Å². The van der Waals surface area contributed by atoms with Gasteiger partial charge in [0.1, 0.15) is 12.5 Å². The Balaban J connectivity index is 1.67. The first-order valence-corrected chi connectivity index (χ1v) is 7.45. The van der Waals surface area contributed by atoms with E-state index in [0.717, 1.165) is 12.1 Å². The standard InChI is InChI=1S/C16H12ClF3N2O2/c17-13-6-10(16(18,19)20)4-3-9(13)7-22-14(23)12-8-24-15-11(12)2-1-5-21-15/h1-6,12H,7-8H2,(H,22,23). The molecular weight excluding hydrogens is 345 g/mol. The van der Waals surface area contributed by atoms with E-state index in [4.69, 9.17) is 16.3 Å². The van der Waals surface area contributed by atoms with E-state index in [9.17, 15) is 18.0 Å². The molecule has 0 saturated heterocycles. The summed E-state index contributed by atoms with van der Waals surface area (Å²) in [4.78, 5) is 16.3. The Morgan fingerprint density at radius 1 is 1.38 bits per heavy atom. The van der Waals surface area contributed by atoms with Crippen LogP contribution < -0.4 is 10.1 Å². The molecule has 0 spiro atoms. The smallest absolute Gasteiger partial charge is 0.416 e. The average molecular weight is 357 g/mol. The average Bonchev–Trinajstić information content (AvgIpc) is 2.96. The number of hydrogen-bond donors (Lipinski definition) is 1. The van der Waals surface area contributed by atoms with E-state index in [2.05, 4.69) is 10.3 Å². The van der Waals surface area contributed by atoms with E-state index in [1.165, 1.54) is 6.07 Å². The number of amides is 1. The fraction of sp³-hybridized carbons (Fsp3) is 0.250. The number of hydrogen-bond acceptors (Lipinski definition) is 3. The fourth-order valence-corrected chi connectivity index (χ4v) is 2.68. The maximum atomic E-state index is 12.6. The summed E-state index contributed by atoms with van der Waals surface area (Å²) in [6, 6.07) is 6.50. The summed E-state index contributed by atoms with van der Waals surface area (Å²) < 4.78 is 43.2. The number of ether oxygens (including phenoxy) is 1. The summed E-state index contributed by atoms with van der Waals surface area (Å²) in [7, 11) is 0. The predicted octanol–water partition coefficient (Wildman–Crippen LogP) is 3.55. The Kier molecular flexibility index (Phi) is 4.36. The van der Waals surface area contributed by atoms with Gasteiger partial charge in [-0.3, -0.25) is 4.79 Å². The van der Waals surface area contributed by atoms with Gasteiger partial charge in [0.2, 0.25) is 11.8 Å². The number of halogens is 4. The van der Waals surface area contributed by atoms with Crippen LogP contribution in [-0.2, 0) is 17.5 Å². The third kappa shape index (κ3) is 3.31. The van der Waals surface area contributed by atoms with Gasteiger partial charge in [0.25, 0.3) is 0 Å². The minimum Gasteiger partial charge on any atom is -0.476 e. The molecule has 2 heterocycles. The normalized spacial score (nSPS) is 16.4. The van der Waals surface area contributed by atoms with Crippen LogP contribution in [0.25, 0.3) is 0 Å². The molecule has 8 heteroatoms. The molecule has 24 heavy (non-hydrogen) atoms. The number of rotatable bonds is 3. The van der Waals surface area contributed by atoms with Gasteiger partial charge in [-0.25, -0.2) is 4.98 Å². The monoisotopic (exact) mass is 356 g/mol. The van der Waals surface area contributed by atoms with Gasteiger partial charge in [0.15, 0.2) is 0 Å². The maximum absolute atomic E-state index is 12.6. The Morgan fingerprint density at radius 3 is 2.88 bits per heavy atom. The van der Waals surface area contributed by atoms with Crippen molar-refractivity contribution in [2.45, 2.75) is 18.6 Å². The van der Waals surface area contributed by atoms with Crippen LogP contribution in [0.5, 0.6) is 5.88 Å². The summed E-state index contributed by atoms with van der Waals surface area (Å²) in [6.07, 6.45) is -2.88. The second kappa shape index (κ2) is 6.32. The maximum Gasteiger partial charge on any atom is 0.416 e. The highest BCUT2D eigenvalue weighted by atomic mass is 35.5. The molecule has 1 amide bonds. The first-order valence-electron chi connectivity index (χ1n) is 7.07. The fourth-order valence-electron chi connectivity index (χ4n) is 2.43. The number of alkyl halides is 3. The molecule has 1 aliphatic heterocycles. The van der Waals surface area contributed by atoms with Gasteiger partial charge < -0.3 is 10.1 Å². The van der Waals surface area contributed by atoms with Crippen molar-refractivity contribution in [1.29, 1.82) is 0 Å². The number of carbonyl (C=O) groups excluding carboxylic acids is 1. The summed E-state index contributed by atoms with van der Waals surface area (Å²) >= 11 is 5.87. The summed E-state index contributed by atoms with van der Waals surface area (Å²) in [5, 5.41) is 2.62. The van der Waals surface area contributed by atoms with Crippen molar-refractivity contribution in [3.63, 3.8) is 0 Å². The molecular formula is C16H12ClF3N2O2. The zero-order chi connectivity index (χ0) is 17.3. The molecule has 0 aliphatic carbocycles. The predicted molar refractivity (Wildman–Crippen MR) is 80.8 cm³/mol. The lowest BCUT2D eigenvalue weighted by Gasteiger charge is -2.12. The first kappa shape index (κ1) is 16.6. The highest BCUT2D eigenvalue weighted by molar-refractivity contribution is 6.31. The van der Waals surface area contributed by atoms with E-state index in [0.29, 0.717) is 17.0 Å². The summed E-state index contributed by atoms with van der Waals surface area (Å²) in [5.74, 6) is -0.371. The second-order valence-electron chi connectivity index (χ2n) is 5.28.